The van der Waals surface area contributed by atoms with Gasteiger partial charge in [-0.15, -0.1) is 0 Å². The molecule has 1 unspecified atom stereocenters. The molecule has 102 valence electrons. The van der Waals surface area contributed by atoms with Crippen molar-refractivity contribution >= 4 is 0 Å². The number of hydrogen-bond donors (Lipinski definition) is 1. The van der Waals surface area contributed by atoms with Crippen LogP contribution in [0.1, 0.15) is 26.7 Å². The molecular formula is C13H28N2O2. The van der Waals surface area contributed by atoms with Crippen molar-refractivity contribution in [1.29, 1.82) is 0 Å². The van der Waals surface area contributed by atoms with Gasteiger partial charge in [-0.1, -0.05) is 13.8 Å². The minimum Gasteiger partial charge on any atom is -0.383 e. The Labute approximate surface area is 105 Å². The molecule has 0 bridgehead atoms. The number of rotatable bonds is 6. The molecule has 1 aliphatic heterocycles. The maximum absolute atomic E-state index is 6.04. The average molecular weight is 244 g/mol. The van der Waals surface area contributed by atoms with Gasteiger partial charge in [-0.05, 0) is 18.8 Å². The monoisotopic (exact) mass is 244 g/mol. The largest absolute Gasteiger partial charge is 0.383 e. The number of methoxy groups -OCH3 is 2. The fourth-order valence-corrected chi connectivity index (χ4v) is 2.83. The Morgan fingerprint density at radius 2 is 1.88 bits per heavy atom. The van der Waals surface area contributed by atoms with Crippen molar-refractivity contribution in [3.8, 4) is 0 Å². The van der Waals surface area contributed by atoms with Gasteiger partial charge in [-0.2, -0.15) is 0 Å². The minimum atomic E-state index is -0.0204. The minimum absolute atomic E-state index is 0.0204. The molecule has 0 amide bonds. The van der Waals surface area contributed by atoms with Crippen molar-refractivity contribution in [2.75, 3.05) is 40.5 Å². The second-order valence-corrected chi connectivity index (χ2v) is 5.32. The summed E-state index contributed by atoms with van der Waals surface area (Å²) in [5.41, 5.74) is 6.02. The Hall–Kier alpha value is -0.160. The second kappa shape index (κ2) is 6.69. The number of nitrogens with two attached hydrogens (primary N) is 1. The molecule has 0 aromatic carbocycles. The second-order valence-electron chi connectivity index (χ2n) is 5.32. The third kappa shape index (κ3) is 3.19. The Kier molecular flexibility index (Phi) is 5.86. The van der Waals surface area contributed by atoms with Gasteiger partial charge in [0, 0.05) is 33.9 Å². The number of nitrogens with zero attached hydrogens (tertiary/aromatic N) is 1. The molecular weight excluding hydrogens is 216 g/mol. The molecule has 17 heavy (non-hydrogen) atoms. The van der Waals surface area contributed by atoms with E-state index in [0.29, 0.717) is 25.2 Å². The van der Waals surface area contributed by atoms with Gasteiger partial charge in [0.1, 0.15) is 0 Å². The average Bonchev–Trinajstić information content (AvgIpc) is 2.36. The summed E-state index contributed by atoms with van der Waals surface area (Å²) in [5, 5.41) is 0. The third-order valence-electron chi connectivity index (χ3n) is 4.23. The van der Waals surface area contributed by atoms with Crippen LogP contribution in [0, 0.1) is 5.92 Å². The molecule has 1 heterocycles. The molecule has 0 aromatic rings. The van der Waals surface area contributed by atoms with E-state index in [1.807, 2.05) is 0 Å². The number of ether oxygens (including phenoxy) is 2. The van der Waals surface area contributed by atoms with Crippen LogP contribution >= 0.6 is 0 Å². The Morgan fingerprint density at radius 3 is 2.24 bits per heavy atom. The smallest absolute Gasteiger partial charge is 0.0661 e. The van der Waals surface area contributed by atoms with E-state index >= 15 is 0 Å². The zero-order valence-electron chi connectivity index (χ0n) is 11.7. The molecule has 4 nitrogen and oxygen atoms in total. The molecule has 1 rings (SSSR count). The Morgan fingerprint density at radius 1 is 1.29 bits per heavy atom. The Balaban J connectivity index is 2.71. The van der Waals surface area contributed by atoms with Gasteiger partial charge in [0.15, 0.2) is 0 Å². The summed E-state index contributed by atoms with van der Waals surface area (Å²) in [5.74, 6) is 0.492. The lowest BCUT2D eigenvalue weighted by Crippen LogP contribution is -2.62. The zero-order chi connectivity index (χ0) is 12.9. The number of likely N-dealkylation sites (tertiary alicyclic amines) is 1. The molecule has 0 aromatic heterocycles. The van der Waals surface area contributed by atoms with Crippen molar-refractivity contribution in [3.63, 3.8) is 0 Å². The van der Waals surface area contributed by atoms with E-state index in [-0.39, 0.29) is 5.54 Å². The molecule has 1 fully saturated rings. The molecule has 1 saturated heterocycles. The number of piperidine rings is 1. The van der Waals surface area contributed by atoms with Crippen LogP contribution < -0.4 is 5.73 Å². The van der Waals surface area contributed by atoms with E-state index in [9.17, 15) is 0 Å². The van der Waals surface area contributed by atoms with Crippen LogP contribution in [0.3, 0.4) is 0 Å². The molecule has 0 radical (unpaired) electrons. The highest BCUT2D eigenvalue weighted by atomic mass is 16.5. The fourth-order valence-electron chi connectivity index (χ4n) is 2.83. The molecule has 1 atom stereocenters. The van der Waals surface area contributed by atoms with Crippen LogP contribution in [0.15, 0.2) is 0 Å². The summed E-state index contributed by atoms with van der Waals surface area (Å²) in [6.07, 6.45) is 2.60. The normalized spacial score (nSPS) is 22.9. The standard InChI is InChI=1S/C13H28N2O2/c1-11(2)13(9-14,10-16-3)15-7-5-12(17-4)6-8-15/h11-12H,5-10,14H2,1-4H3. The third-order valence-corrected chi connectivity index (χ3v) is 4.23. The summed E-state index contributed by atoms with van der Waals surface area (Å²) >= 11 is 0. The lowest BCUT2D eigenvalue weighted by Gasteiger charge is -2.48. The molecule has 0 aliphatic carbocycles. The van der Waals surface area contributed by atoms with Crippen molar-refractivity contribution in [2.45, 2.75) is 38.3 Å². The zero-order valence-corrected chi connectivity index (χ0v) is 11.7. The van der Waals surface area contributed by atoms with E-state index in [4.69, 9.17) is 15.2 Å². The van der Waals surface area contributed by atoms with Crippen molar-refractivity contribution < 1.29 is 9.47 Å². The van der Waals surface area contributed by atoms with Crippen LogP contribution in [0.2, 0.25) is 0 Å². The highest BCUT2D eigenvalue weighted by Gasteiger charge is 2.40. The lowest BCUT2D eigenvalue weighted by molar-refractivity contribution is -0.0527. The van der Waals surface area contributed by atoms with Crippen molar-refractivity contribution in [2.24, 2.45) is 11.7 Å². The highest BCUT2D eigenvalue weighted by molar-refractivity contribution is 4.96. The van der Waals surface area contributed by atoms with Gasteiger partial charge in [0.25, 0.3) is 0 Å². The van der Waals surface area contributed by atoms with Gasteiger partial charge in [0.2, 0.25) is 0 Å². The van der Waals surface area contributed by atoms with E-state index < -0.39 is 0 Å². The van der Waals surface area contributed by atoms with E-state index in [1.165, 1.54) is 0 Å². The maximum atomic E-state index is 6.04. The summed E-state index contributed by atoms with van der Waals surface area (Å²) in [6.45, 7) is 7.92. The first-order valence-corrected chi connectivity index (χ1v) is 6.57. The van der Waals surface area contributed by atoms with Gasteiger partial charge in [-0.3, -0.25) is 4.90 Å². The summed E-state index contributed by atoms with van der Waals surface area (Å²) < 4.78 is 10.8. The summed E-state index contributed by atoms with van der Waals surface area (Å²) in [4.78, 5) is 2.50. The van der Waals surface area contributed by atoms with Crippen LogP contribution in [0.5, 0.6) is 0 Å². The van der Waals surface area contributed by atoms with Crippen LogP contribution in [-0.2, 0) is 9.47 Å². The van der Waals surface area contributed by atoms with Crippen LogP contribution in [0.4, 0.5) is 0 Å². The summed E-state index contributed by atoms with van der Waals surface area (Å²) in [7, 11) is 3.56. The van der Waals surface area contributed by atoms with E-state index in [2.05, 4.69) is 18.7 Å². The lowest BCUT2D eigenvalue weighted by atomic mass is 9.83. The maximum Gasteiger partial charge on any atom is 0.0661 e. The molecule has 0 saturated carbocycles. The van der Waals surface area contributed by atoms with Crippen LogP contribution in [-0.4, -0.2) is 57.0 Å². The molecule has 0 spiro atoms. The molecule has 2 N–H and O–H groups in total. The van der Waals surface area contributed by atoms with Gasteiger partial charge in [-0.25, -0.2) is 0 Å². The predicted molar refractivity (Wildman–Crippen MR) is 70.1 cm³/mol. The summed E-state index contributed by atoms with van der Waals surface area (Å²) in [6, 6.07) is 0. The predicted octanol–water partition coefficient (Wildman–Crippen LogP) is 1.10. The topological polar surface area (TPSA) is 47.7 Å². The number of hydrogen-bond acceptors (Lipinski definition) is 4. The van der Waals surface area contributed by atoms with Crippen molar-refractivity contribution in [3.05, 3.63) is 0 Å². The molecule has 4 heteroatoms. The first-order valence-electron chi connectivity index (χ1n) is 6.57. The quantitative estimate of drug-likeness (QED) is 0.760. The van der Waals surface area contributed by atoms with Gasteiger partial charge >= 0.3 is 0 Å². The van der Waals surface area contributed by atoms with Gasteiger partial charge < -0.3 is 15.2 Å². The fraction of sp³-hybridized carbons (Fsp3) is 1.00. The molecule has 1 aliphatic rings. The Bertz CT molecular complexity index is 215. The van der Waals surface area contributed by atoms with E-state index in [0.717, 1.165) is 25.9 Å². The van der Waals surface area contributed by atoms with Gasteiger partial charge in [0.05, 0.1) is 18.2 Å². The first-order chi connectivity index (χ1) is 8.10. The van der Waals surface area contributed by atoms with E-state index in [1.54, 1.807) is 14.2 Å². The van der Waals surface area contributed by atoms with Crippen LogP contribution in [0.25, 0.3) is 0 Å². The highest BCUT2D eigenvalue weighted by Crippen LogP contribution is 2.28. The SMILES string of the molecule is COCC(CN)(C(C)C)N1CCC(OC)CC1. The first kappa shape index (κ1) is 14.9. The van der Waals surface area contributed by atoms with Crippen molar-refractivity contribution in [1.82, 2.24) is 4.90 Å².